The summed E-state index contributed by atoms with van der Waals surface area (Å²) in [6, 6.07) is 10.1. The second kappa shape index (κ2) is 11.5. The van der Waals surface area contributed by atoms with Gasteiger partial charge in [0.1, 0.15) is 0 Å². The van der Waals surface area contributed by atoms with Crippen LogP contribution in [0.5, 0.6) is 0 Å². The fraction of sp³-hybridized carbons (Fsp3) is 0.545. The number of amides is 1. The molecule has 7 nitrogen and oxygen atoms in total. The third kappa shape index (κ3) is 7.09. The van der Waals surface area contributed by atoms with Crippen molar-refractivity contribution in [1.29, 1.82) is 0 Å². The molecule has 2 atom stereocenters. The van der Waals surface area contributed by atoms with E-state index in [2.05, 4.69) is 20.6 Å². The number of aromatic nitrogens is 4. The molecule has 0 radical (unpaired) electrons. The van der Waals surface area contributed by atoms with Crippen molar-refractivity contribution < 1.29 is 9.90 Å². The van der Waals surface area contributed by atoms with Crippen molar-refractivity contribution in [2.45, 2.75) is 69.9 Å². The Balaban J connectivity index is 1.41. The number of nitrogens with one attached hydrogen (secondary N) is 1. The summed E-state index contributed by atoms with van der Waals surface area (Å²) in [6.07, 6.45) is 11.5. The fourth-order valence-corrected chi connectivity index (χ4v) is 3.82. The average molecular weight is 398 g/mol. The molecule has 1 aromatic carbocycles. The number of hydrogen-bond donors (Lipinski definition) is 2. The van der Waals surface area contributed by atoms with Crippen LogP contribution < -0.4 is 0 Å². The molecule has 7 heteroatoms. The highest BCUT2D eigenvalue weighted by molar-refractivity contribution is 5.77. The summed E-state index contributed by atoms with van der Waals surface area (Å²) in [5.41, 5.74) is 1.11. The van der Waals surface area contributed by atoms with Gasteiger partial charge in [-0.15, -0.1) is 10.2 Å². The van der Waals surface area contributed by atoms with Crippen LogP contribution in [0.1, 0.15) is 56.3 Å². The molecule has 156 valence electrons. The number of aryl methyl sites for hydroxylation is 1. The molecule has 0 aliphatic carbocycles. The fourth-order valence-electron chi connectivity index (χ4n) is 3.82. The molecule has 3 rings (SSSR count). The molecule has 1 aromatic heterocycles. The van der Waals surface area contributed by atoms with E-state index in [0.717, 1.165) is 62.9 Å². The van der Waals surface area contributed by atoms with E-state index in [1.165, 1.54) is 0 Å². The van der Waals surface area contributed by atoms with Crippen molar-refractivity contribution in [3.05, 3.63) is 53.9 Å². The molecular weight excluding hydrogens is 366 g/mol. The SMILES string of the molecule is O=C1CCCC(C=C[C@H](O)Cc2ccccc2)N1CCCCCCc1nn[nH]n1. The van der Waals surface area contributed by atoms with Crippen molar-refractivity contribution >= 4 is 5.91 Å². The first-order valence-electron chi connectivity index (χ1n) is 10.6. The molecule has 1 amide bonds. The van der Waals surface area contributed by atoms with E-state index in [1.807, 2.05) is 47.4 Å². The van der Waals surface area contributed by atoms with Gasteiger partial charge in [0.15, 0.2) is 5.82 Å². The van der Waals surface area contributed by atoms with Crippen molar-refractivity contribution in [2.75, 3.05) is 6.54 Å². The summed E-state index contributed by atoms with van der Waals surface area (Å²) in [6.45, 7) is 0.783. The van der Waals surface area contributed by atoms with E-state index in [4.69, 9.17) is 0 Å². The van der Waals surface area contributed by atoms with Gasteiger partial charge in [-0.25, -0.2) is 0 Å². The average Bonchev–Trinajstić information content (AvgIpc) is 3.24. The van der Waals surface area contributed by atoms with Crippen molar-refractivity contribution in [3.8, 4) is 0 Å². The van der Waals surface area contributed by atoms with Crippen LogP contribution in [-0.4, -0.2) is 55.2 Å². The molecule has 29 heavy (non-hydrogen) atoms. The van der Waals surface area contributed by atoms with Gasteiger partial charge >= 0.3 is 0 Å². The topological polar surface area (TPSA) is 95.0 Å². The zero-order valence-corrected chi connectivity index (χ0v) is 16.9. The monoisotopic (exact) mass is 397 g/mol. The van der Waals surface area contributed by atoms with Gasteiger partial charge in [-0.2, -0.15) is 5.21 Å². The number of hydrogen-bond acceptors (Lipinski definition) is 5. The highest BCUT2D eigenvalue weighted by Crippen LogP contribution is 2.21. The lowest BCUT2D eigenvalue weighted by Crippen LogP contribution is -2.43. The Morgan fingerprint density at radius 2 is 2.03 bits per heavy atom. The zero-order chi connectivity index (χ0) is 20.3. The number of aliphatic hydroxyl groups excluding tert-OH is 1. The number of carbonyl (C=O) groups is 1. The number of aliphatic hydroxyl groups is 1. The van der Waals surface area contributed by atoms with E-state index >= 15 is 0 Å². The number of H-pyrrole nitrogens is 1. The van der Waals surface area contributed by atoms with Crippen LogP contribution in [0.4, 0.5) is 0 Å². The Kier molecular flexibility index (Phi) is 8.37. The maximum absolute atomic E-state index is 12.4. The number of unbranched alkanes of at least 4 members (excludes halogenated alkanes) is 3. The second-order valence-corrected chi connectivity index (χ2v) is 7.68. The van der Waals surface area contributed by atoms with E-state index in [-0.39, 0.29) is 11.9 Å². The quantitative estimate of drug-likeness (QED) is 0.449. The normalized spacial score (nSPS) is 18.4. The molecule has 0 bridgehead atoms. The number of piperidine rings is 1. The third-order valence-electron chi connectivity index (χ3n) is 5.39. The van der Waals surface area contributed by atoms with Gasteiger partial charge in [-0.05, 0) is 31.2 Å². The van der Waals surface area contributed by atoms with Crippen LogP contribution in [0.2, 0.25) is 0 Å². The summed E-state index contributed by atoms with van der Waals surface area (Å²) in [5, 5.41) is 24.3. The molecule has 0 spiro atoms. The van der Waals surface area contributed by atoms with Gasteiger partial charge in [0.05, 0.1) is 12.1 Å². The van der Waals surface area contributed by atoms with Gasteiger partial charge in [0.25, 0.3) is 0 Å². The van der Waals surface area contributed by atoms with E-state index in [9.17, 15) is 9.90 Å². The molecule has 2 N–H and O–H groups in total. The van der Waals surface area contributed by atoms with Crippen LogP contribution in [0.25, 0.3) is 0 Å². The molecule has 1 saturated heterocycles. The highest BCUT2D eigenvalue weighted by Gasteiger charge is 2.25. The molecule has 1 unspecified atom stereocenters. The number of nitrogens with zero attached hydrogens (tertiary/aromatic N) is 4. The van der Waals surface area contributed by atoms with Gasteiger partial charge in [0, 0.05) is 25.8 Å². The molecular formula is C22H31N5O2. The number of carbonyl (C=O) groups excluding carboxylic acids is 1. The zero-order valence-electron chi connectivity index (χ0n) is 16.9. The van der Waals surface area contributed by atoms with Crippen LogP contribution in [0.15, 0.2) is 42.5 Å². The predicted octanol–water partition coefficient (Wildman–Crippen LogP) is 2.84. The van der Waals surface area contributed by atoms with E-state index < -0.39 is 6.10 Å². The minimum atomic E-state index is -0.526. The number of tetrazole rings is 1. The minimum absolute atomic E-state index is 0.0982. The van der Waals surface area contributed by atoms with Crippen LogP contribution in [0.3, 0.4) is 0 Å². The maximum Gasteiger partial charge on any atom is 0.223 e. The van der Waals surface area contributed by atoms with E-state index in [1.54, 1.807) is 0 Å². The molecule has 1 fully saturated rings. The van der Waals surface area contributed by atoms with Gasteiger partial charge < -0.3 is 10.0 Å². The lowest BCUT2D eigenvalue weighted by molar-refractivity contribution is -0.135. The Labute approximate surface area is 172 Å². The summed E-state index contributed by atoms with van der Waals surface area (Å²) in [7, 11) is 0. The largest absolute Gasteiger partial charge is 0.389 e. The predicted molar refractivity (Wildman–Crippen MR) is 111 cm³/mol. The molecule has 2 heterocycles. The molecule has 0 saturated carbocycles. The number of likely N-dealkylation sites (tertiary alicyclic amines) is 1. The van der Waals surface area contributed by atoms with Crippen LogP contribution in [0, 0.1) is 0 Å². The number of aromatic amines is 1. The first-order chi connectivity index (χ1) is 14.2. The third-order valence-corrected chi connectivity index (χ3v) is 5.39. The smallest absolute Gasteiger partial charge is 0.223 e. The first kappa shape index (κ1) is 21.2. The van der Waals surface area contributed by atoms with Gasteiger partial charge in [-0.3, -0.25) is 4.79 Å². The second-order valence-electron chi connectivity index (χ2n) is 7.68. The summed E-state index contributed by atoms with van der Waals surface area (Å²) < 4.78 is 0. The Hall–Kier alpha value is -2.54. The summed E-state index contributed by atoms with van der Waals surface area (Å²) in [5.74, 6) is 0.991. The van der Waals surface area contributed by atoms with Crippen molar-refractivity contribution in [2.24, 2.45) is 0 Å². The lowest BCUT2D eigenvalue weighted by Gasteiger charge is -2.34. The lowest BCUT2D eigenvalue weighted by atomic mass is 9.99. The van der Waals surface area contributed by atoms with E-state index in [0.29, 0.717) is 12.8 Å². The molecule has 2 aromatic rings. The van der Waals surface area contributed by atoms with Gasteiger partial charge in [-0.1, -0.05) is 60.5 Å². The first-order valence-corrected chi connectivity index (χ1v) is 10.6. The van der Waals surface area contributed by atoms with Gasteiger partial charge in [0.2, 0.25) is 5.91 Å². The van der Waals surface area contributed by atoms with Crippen molar-refractivity contribution in [1.82, 2.24) is 25.5 Å². The summed E-state index contributed by atoms with van der Waals surface area (Å²) >= 11 is 0. The number of rotatable bonds is 11. The number of benzene rings is 1. The van der Waals surface area contributed by atoms with Crippen LogP contribution >= 0.6 is 0 Å². The molecule has 1 aliphatic rings. The Morgan fingerprint density at radius 3 is 2.83 bits per heavy atom. The Morgan fingerprint density at radius 1 is 1.21 bits per heavy atom. The standard InChI is InChI=1S/C22H31N5O2/c28-20(17-18-9-4-3-5-10-18)15-14-19-11-8-13-22(29)27(19)16-7-2-1-6-12-21-23-25-26-24-21/h3-5,9-10,14-15,19-20,28H,1-2,6-8,11-13,16-17H2,(H,23,24,25,26)/t19?,20-/m0/s1. The molecule has 1 aliphatic heterocycles. The minimum Gasteiger partial charge on any atom is -0.389 e. The van der Waals surface area contributed by atoms with Crippen molar-refractivity contribution in [3.63, 3.8) is 0 Å². The highest BCUT2D eigenvalue weighted by atomic mass is 16.3. The summed E-state index contributed by atoms with van der Waals surface area (Å²) in [4.78, 5) is 14.4. The van der Waals surface area contributed by atoms with Crippen LogP contribution in [-0.2, 0) is 17.6 Å². The Bertz CT molecular complexity index is 748. The maximum atomic E-state index is 12.4.